The average Bonchev–Trinajstić information content (AvgIpc) is 2.35. The number of carbonyl (C=O) groups is 2. The van der Waals surface area contributed by atoms with Gasteiger partial charge in [-0.25, -0.2) is 9.18 Å². The van der Waals surface area contributed by atoms with Gasteiger partial charge < -0.3 is 20.3 Å². The predicted octanol–water partition coefficient (Wildman–Crippen LogP) is 1.10. The number of ether oxygens (including phenoxy) is 2. The van der Waals surface area contributed by atoms with Crippen LogP contribution in [-0.2, 0) is 9.53 Å². The monoisotopic (exact) mass is 271 g/mol. The molecule has 7 heteroatoms. The van der Waals surface area contributed by atoms with E-state index in [-0.39, 0.29) is 23.3 Å². The highest BCUT2D eigenvalue weighted by Crippen LogP contribution is 2.28. The summed E-state index contributed by atoms with van der Waals surface area (Å²) < 4.78 is 23.1. The number of halogens is 1. The number of esters is 1. The number of methoxy groups -OCH3 is 2. The van der Waals surface area contributed by atoms with E-state index in [4.69, 9.17) is 15.6 Å². The molecule has 1 aromatic carbocycles. The Kier molecular flexibility index (Phi) is 4.82. The standard InChI is InChI=1S/C12H14FNO5/c1-18-11-7(12(17)19-2)3-6(4-8(11)13)9(14)5-10(15)16/h3-4,9H,5,14H2,1-2H3,(H,15,16). The van der Waals surface area contributed by atoms with Gasteiger partial charge in [-0.2, -0.15) is 0 Å². The van der Waals surface area contributed by atoms with E-state index >= 15 is 0 Å². The molecule has 19 heavy (non-hydrogen) atoms. The first-order chi connectivity index (χ1) is 8.90. The number of carboxylic acid groups (broad SMARTS) is 1. The Morgan fingerprint density at radius 1 is 1.42 bits per heavy atom. The lowest BCUT2D eigenvalue weighted by Gasteiger charge is -2.14. The third-order valence-corrected chi connectivity index (χ3v) is 2.50. The maximum absolute atomic E-state index is 13.8. The Morgan fingerprint density at radius 3 is 2.53 bits per heavy atom. The fourth-order valence-corrected chi connectivity index (χ4v) is 1.60. The second-order valence-electron chi connectivity index (χ2n) is 3.78. The number of hydrogen-bond acceptors (Lipinski definition) is 5. The topological polar surface area (TPSA) is 98.9 Å². The summed E-state index contributed by atoms with van der Waals surface area (Å²) in [6.45, 7) is 0. The van der Waals surface area contributed by atoms with Crippen molar-refractivity contribution < 1.29 is 28.6 Å². The van der Waals surface area contributed by atoms with E-state index in [0.717, 1.165) is 13.2 Å². The minimum atomic E-state index is -1.12. The van der Waals surface area contributed by atoms with Crippen LogP contribution in [0.1, 0.15) is 28.4 Å². The van der Waals surface area contributed by atoms with Gasteiger partial charge in [0.15, 0.2) is 11.6 Å². The molecule has 1 atom stereocenters. The quantitative estimate of drug-likeness (QED) is 0.778. The fourth-order valence-electron chi connectivity index (χ4n) is 1.60. The highest BCUT2D eigenvalue weighted by atomic mass is 19.1. The molecule has 1 aromatic rings. The van der Waals surface area contributed by atoms with Gasteiger partial charge in [0.25, 0.3) is 0 Å². The first kappa shape index (κ1) is 14.9. The number of carbonyl (C=O) groups excluding carboxylic acids is 1. The molecule has 0 radical (unpaired) electrons. The predicted molar refractivity (Wildman–Crippen MR) is 63.5 cm³/mol. The summed E-state index contributed by atoms with van der Waals surface area (Å²) in [4.78, 5) is 22.1. The van der Waals surface area contributed by atoms with Gasteiger partial charge >= 0.3 is 11.9 Å². The van der Waals surface area contributed by atoms with Crippen LogP contribution in [0.4, 0.5) is 4.39 Å². The molecule has 0 saturated heterocycles. The van der Waals surface area contributed by atoms with Crippen LogP contribution in [0, 0.1) is 5.82 Å². The van der Waals surface area contributed by atoms with Gasteiger partial charge in [0.2, 0.25) is 0 Å². The van der Waals surface area contributed by atoms with Crippen LogP contribution < -0.4 is 10.5 Å². The maximum Gasteiger partial charge on any atom is 0.341 e. The van der Waals surface area contributed by atoms with E-state index < -0.39 is 23.8 Å². The van der Waals surface area contributed by atoms with Crippen LogP contribution in [0.3, 0.4) is 0 Å². The number of rotatable bonds is 5. The van der Waals surface area contributed by atoms with Crippen LogP contribution in [-0.4, -0.2) is 31.3 Å². The Morgan fingerprint density at radius 2 is 2.05 bits per heavy atom. The normalized spacial score (nSPS) is 11.8. The first-order valence-electron chi connectivity index (χ1n) is 5.33. The summed E-state index contributed by atoms with van der Waals surface area (Å²) in [5.41, 5.74) is 5.67. The highest BCUT2D eigenvalue weighted by Gasteiger charge is 2.21. The van der Waals surface area contributed by atoms with Crippen molar-refractivity contribution in [3.63, 3.8) is 0 Å². The molecule has 1 rings (SSSR count). The second-order valence-corrected chi connectivity index (χ2v) is 3.78. The molecule has 1 unspecified atom stereocenters. The average molecular weight is 271 g/mol. The summed E-state index contributed by atoms with van der Waals surface area (Å²) in [7, 11) is 2.35. The van der Waals surface area contributed by atoms with Crippen molar-refractivity contribution in [2.75, 3.05) is 14.2 Å². The van der Waals surface area contributed by atoms with E-state index in [2.05, 4.69) is 4.74 Å². The number of benzene rings is 1. The molecule has 6 nitrogen and oxygen atoms in total. The lowest BCUT2D eigenvalue weighted by atomic mass is 10.0. The Hall–Kier alpha value is -2.15. The summed E-state index contributed by atoms with van der Waals surface area (Å²) in [5.74, 6) is -2.98. The van der Waals surface area contributed by atoms with E-state index in [1.165, 1.54) is 13.2 Å². The Labute approximate surface area is 108 Å². The SMILES string of the molecule is COC(=O)c1cc(C(N)CC(=O)O)cc(F)c1OC. The molecule has 0 fully saturated rings. The van der Waals surface area contributed by atoms with Crippen LogP contribution in [0.25, 0.3) is 0 Å². The molecule has 0 heterocycles. The fraction of sp³-hybridized carbons (Fsp3) is 0.333. The van der Waals surface area contributed by atoms with Gasteiger partial charge in [-0.15, -0.1) is 0 Å². The Bertz CT molecular complexity index is 503. The van der Waals surface area contributed by atoms with Gasteiger partial charge in [0.1, 0.15) is 5.56 Å². The summed E-state index contributed by atoms with van der Waals surface area (Å²) >= 11 is 0. The van der Waals surface area contributed by atoms with Crippen molar-refractivity contribution in [1.82, 2.24) is 0 Å². The van der Waals surface area contributed by atoms with Crippen LogP contribution in [0.2, 0.25) is 0 Å². The lowest BCUT2D eigenvalue weighted by molar-refractivity contribution is -0.137. The molecular formula is C12H14FNO5. The smallest absolute Gasteiger partial charge is 0.341 e. The van der Waals surface area contributed by atoms with E-state index in [1.54, 1.807) is 0 Å². The molecule has 0 saturated carbocycles. The van der Waals surface area contributed by atoms with Gasteiger partial charge in [-0.1, -0.05) is 0 Å². The molecule has 3 N–H and O–H groups in total. The van der Waals surface area contributed by atoms with Crippen molar-refractivity contribution >= 4 is 11.9 Å². The third-order valence-electron chi connectivity index (χ3n) is 2.50. The minimum Gasteiger partial charge on any atom is -0.493 e. The largest absolute Gasteiger partial charge is 0.493 e. The summed E-state index contributed by atoms with van der Waals surface area (Å²) in [5, 5.41) is 8.65. The zero-order chi connectivity index (χ0) is 14.6. The van der Waals surface area contributed by atoms with Gasteiger partial charge in [-0.05, 0) is 17.7 Å². The molecule has 0 aliphatic heterocycles. The highest BCUT2D eigenvalue weighted by molar-refractivity contribution is 5.92. The van der Waals surface area contributed by atoms with Crippen LogP contribution in [0.15, 0.2) is 12.1 Å². The molecule has 0 bridgehead atoms. The number of nitrogens with two attached hydrogens (primary N) is 1. The Balaban J connectivity index is 3.26. The van der Waals surface area contributed by atoms with E-state index in [0.29, 0.717) is 0 Å². The number of carboxylic acids is 1. The van der Waals surface area contributed by atoms with Crippen molar-refractivity contribution in [2.24, 2.45) is 5.73 Å². The number of hydrogen-bond donors (Lipinski definition) is 2. The second kappa shape index (κ2) is 6.14. The van der Waals surface area contributed by atoms with Crippen molar-refractivity contribution in [1.29, 1.82) is 0 Å². The minimum absolute atomic E-state index is 0.138. The lowest BCUT2D eigenvalue weighted by Crippen LogP contribution is -2.17. The molecule has 104 valence electrons. The molecular weight excluding hydrogens is 257 g/mol. The van der Waals surface area contributed by atoms with Crippen molar-refractivity contribution in [3.05, 3.63) is 29.1 Å². The maximum atomic E-state index is 13.8. The zero-order valence-corrected chi connectivity index (χ0v) is 10.5. The molecule has 0 amide bonds. The molecule has 0 aromatic heterocycles. The molecule has 0 spiro atoms. The van der Waals surface area contributed by atoms with Gasteiger partial charge in [-0.3, -0.25) is 4.79 Å². The zero-order valence-electron chi connectivity index (χ0n) is 10.5. The molecule has 0 aliphatic carbocycles. The number of aliphatic carboxylic acids is 1. The molecule has 0 aliphatic rings. The third kappa shape index (κ3) is 3.41. The van der Waals surface area contributed by atoms with Crippen molar-refractivity contribution in [3.8, 4) is 5.75 Å². The van der Waals surface area contributed by atoms with Crippen LogP contribution >= 0.6 is 0 Å². The summed E-state index contributed by atoms with van der Waals surface area (Å²) in [6, 6.07) is 1.38. The van der Waals surface area contributed by atoms with Crippen LogP contribution in [0.5, 0.6) is 5.75 Å². The van der Waals surface area contributed by atoms with Gasteiger partial charge in [0.05, 0.1) is 20.6 Å². The van der Waals surface area contributed by atoms with Gasteiger partial charge in [0, 0.05) is 6.04 Å². The summed E-state index contributed by atoms with van der Waals surface area (Å²) in [6.07, 6.45) is -0.383. The first-order valence-corrected chi connectivity index (χ1v) is 5.33. The van der Waals surface area contributed by atoms with E-state index in [9.17, 15) is 14.0 Å². The van der Waals surface area contributed by atoms with E-state index in [1.807, 2.05) is 0 Å². The van der Waals surface area contributed by atoms with Crippen molar-refractivity contribution in [2.45, 2.75) is 12.5 Å².